The van der Waals surface area contributed by atoms with Crippen molar-refractivity contribution in [2.45, 2.75) is 70.7 Å². The maximum absolute atomic E-state index is 6.60. The first kappa shape index (κ1) is 29.5. The molecule has 3 aromatic rings. The first-order valence-electron chi connectivity index (χ1n) is 16.1. The van der Waals surface area contributed by atoms with Crippen LogP contribution in [0.25, 0.3) is 5.57 Å². The number of hydrogen-bond donors (Lipinski definition) is 1. The fraction of sp³-hybridized carbons (Fsp3) is 0.282. The van der Waals surface area contributed by atoms with E-state index in [1.807, 2.05) is 36.4 Å². The second kappa shape index (κ2) is 11.9. The summed E-state index contributed by atoms with van der Waals surface area (Å²) in [5.74, 6) is 1.60. The van der Waals surface area contributed by atoms with Gasteiger partial charge in [0.2, 0.25) is 0 Å². The minimum absolute atomic E-state index is 0.450. The molecule has 0 aromatic heterocycles. The first-order valence-corrected chi connectivity index (χ1v) is 16.1. The van der Waals surface area contributed by atoms with Crippen LogP contribution in [0.3, 0.4) is 0 Å². The molecule has 0 radical (unpaired) electrons. The summed E-state index contributed by atoms with van der Waals surface area (Å²) in [7, 11) is -0.501. The van der Waals surface area contributed by atoms with Gasteiger partial charge in [0.25, 0.3) is 0 Å². The number of nitrogens with zero attached hydrogens (tertiary/aromatic N) is 2. The molecule has 0 spiro atoms. The van der Waals surface area contributed by atoms with Crippen molar-refractivity contribution in [1.82, 2.24) is 5.32 Å². The molecule has 7 rings (SSSR count). The minimum Gasteiger partial charge on any atom is -0.399 e. The van der Waals surface area contributed by atoms with E-state index in [-0.39, 0.29) is 0 Å². The summed E-state index contributed by atoms with van der Waals surface area (Å²) in [6.45, 7) is 8.41. The lowest BCUT2D eigenvalue weighted by Crippen LogP contribution is -2.41. The van der Waals surface area contributed by atoms with E-state index in [0.29, 0.717) is 0 Å². The van der Waals surface area contributed by atoms with Crippen molar-refractivity contribution >= 4 is 29.8 Å². The van der Waals surface area contributed by atoms with E-state index >= 15 is 0 Å². The minimum atomic E-state index is -0.501. The van der Waals surface area contributed by atoms with Gasteiger partial charge in [0, 0.05) is 11.1 Å². The van der Waals surface area contributed by atoms with Crippen LogP contribution in [-0.4, -0.2) is 30.0 Å². The summed E-state index contributed by atoms with van der Waals surface area (Å²) in [4.78, 5) is 10.4. The molecule has 2 aliphatic carbocycles. The number of allylic oxidation sites excluding steroid dienone is 8. The molecule has 2 heterocycles. The van der Waals surface area contributed by atoms with Crippen LogP contribution in [0.5, 0.6) is 0 Å². The van der Waals surface area contributed by atoms with Crippen molar-refractivity contribution in [1.29, 1.82) is 0 Å². The molecular formula is C39H40BN3O2. The quantitative estimate of drug-likeness (QED) is 0.296. The molecular weight excluding hydrogens is 553 g/mol. The molecule has 3 aromatic carbocycles. The average Bonchev–Trinajstić information content (AvgIpc) is 3.31. The van der Waals surface area contributed by atoms with Gasteiger partial charge in [0.1, 0.15) is 11.7 Å². The molecule has 1 N–H and O–H groups in total. The molecule has 45 heavy (non-hydrogen) atoms. The number of amidine groups is 2. The second-order valence-corrected chi connectivity index (χ2v) is 13.2. The Kier molecular flexibility index (Phi) is 7.80. The topological polar surface area (TPSA) is 55.2 Å². The molecule has 6 heteroatoms. The van der Waals surface area contributed by atoms with Crippen LogP contribution in [0, 0.1) is 0 Å². The van der Waals surface area contributed by atoms with E-state index in [0.717, 1.165) is 65.1 Å². The van der Waals surface area contributed by atoms with Crippen LogP contribution in [-0.2, 0) is 9.31 Å². The lowest BCUT2D eigenvalue weighted by Gasteiger charge is -2.32. The number of nitrogens with one attached hydrogen (secondary N) is 1. The average molecular weight is 594 g/mol. The summed E-state index contributed by atoms with van der Waals surface area (Å²) in [5, 5.41) is 3.52. The van der Waals surface area contributed by atoms with Crippen molar-refractivity contribution < 1.29 is 9.31 Å². The summed E-state index contributed by atoms with van der Waals surface area (Å²) in [5.41, 5.74) is 8.38. The van der Waals surface area contributed by atoms with E-state index in [2.05, 4.69) is 106 Å². The van der Waals surface area contributed by atoms with Gasteiger partial charge in [-0.1, -0.05) is 103 Å². The Hall–Kier alpha value is -4.26. The Morgan fingerprint density at radius 2 is 1.36 bits per heavy atom. The summed E-state index contributed by atoms with van der Waals surface area (Å²) in [6, 6.07) is 27.2. The summed E-state index contributed by atoms with van der Waals surface area (Å²) in [6.07, 6.45) is 15.1. The van der Waals surface area contributed by atoms with Gasteiger partial charge < -0.3 is 14.6 Å². The first-order chi connectivity index (χ1) is 21.8. The Morgan fingerprint density at radius 1 is 0.733 bits per heavy atom. The number of aliphatic imine (C=N–C) groups is 2. The molecule has 5 nitrogen and oxygen atoms in total. The van der Waals surface area contributed by atoms with Gasteiger partial charge in [0.05, 0.1) is 11.2 Å². The molecule has 1 fully saturated rings. The lowest BCUT2D eigenvalue weighted by atomic mass is 9.75. The zero-order valence-corrected chi connectivity index (χ0v) is 26.6. The smallest absolute Gasteiger partial charge is 0.399 e. The van der Waals surface area contributed by atoms with E-state index in [4.69, 9.17) is 19.3 Å². The highest BCUT2D eigenvalue weighted by Crippen LogP contribution is 2.39. The molecule has 0 atom stereocenters. The normalized spacial score (nSPS) is 20.9. The molecule has 226 valence electrons. The van der Waals surface area contributed by atoms with E-state index in [1.54, 1.807) is 0 Å². The van der Waals surface area contributed by atoms with Gasteiger partial charge in [0.15, 0.2) is 6.17 Å². The molecule has 4 aliphatic rings. The molecule has 0 amide bonds. The van der Waals surface area contributed by atoms with Crippen LogP contribution in [0.1, 0.15) is 81.8 Å². The highest BCUT2D eigenvalue weighted by atomic mass is 16.7. The van der Waals surface area contributed by atoms with Crippen LogP contribution in [0.4, 0.5) is 0 Å². The van der Waals surface area contributed by atoms with E-state index in [9.17, 15) is 0 Å². The van der Waals surface area contributed by atoms with E-state index < -0.39 is 24.5 Å². The fourth-order valence-corrected chi connectivity index (χ4v) is 6.30. The third-order valence-electron chi connectivity index (χ3n) is 9.52. The highest BCUT2D eigenvalue weighted by Gasteiger charge is 2.52. The zero-order valence-electron chi connectivity index (χ0n) is 26.6. The number of rotatable bonds is 6. The molecule has 2 aliphatic heterocycles. The number of benzene rings is 3. The molecule has 0 unspecified atom stereocenters. The molecule has 0 bridgehead atoms. The maximum Gasteiger partial charge on any atom is 0.494 e. The van der Waals surface area contributed by atoms with Gasteiger partial charge in [-0.05, 0) is 92.8 Å². The van der Waals surface area contributed by atoms with Crippen LogP contribution < -0.4 is 10.8 Å². The maximum atomic E-state index is 6.60. The van der Waals surface area contributed by atoms with Crippen molar-refractivity contribution in [2.24, 2.45) is 9.98 Å². The van der Waals surface area contributed by atoms with Gasteiger partial charge in [-0.3, -0.25) is 0 Å². The van der Waals surface area contributed by atoms with Crippen LogP contribution in [0.15, 0.2) is 130 Å². The van der Waals surface area contributed by atoms with Crippen LogP contribution in [0.2, 0.25) is 0 Å². The largest absolute Gasteiger partial charge is 0.494 e. The molecule has 1 saturated heterocycles. The summed E-state index contributed by atoms with van der Waals surface area (Å²) >= 11 is 0. The van der Waals surface area contributed by atoms with Crippen molar-refractivity contribution in [2.75, 3.05) is 0 Å². The van der Waals surface area contributed by atoms with Gasteiger partial charge >= 0.3 is 7.12 Å². The predicted octanol–water partition coefficient (Wildman–Crippen LogP) is 7.86. The standard InChI is InChI=1S/C39H40BN3O2/c1-38(2)39(3,4)45-40(44-38)32-25-30(34-23-15-14-22-33(34)27-16-8-5-9-17-27)24-31(26-32)37-42-35(28-18-10-6-11-19-28)41-36(43-37)29-20-12-7-13-21-29/h5-8,10-13,15-16,18-21,23-26,37H,9,14,17,22H2,1-4H3,(H,41,42,43). The second-order valence-electron chi connectivity index (χ2n) is 13.2. The van der Waals surface area contributed by atoms with Gasteiger partial charge in [-0.2, -0.15) is 0 Å². The Labute approximate surface area is 267 Å². The predicted molar refractivity (Wildman–Crippen MR) is 186 cm³/mol. The Bertz CT molecular complexity index is 1710. The highest BCUT2D eigenvalue weighted by molar-refractivity contribution is 6.62. The van der Waals surface area contributed by atoms with Crippen LogP contribution >= 0.6 is 0 Å². The van der Waals surface area contributed by atoms with Crippen molar-refractivity contribution in [3.8, 4) is 0 Å². The summed E-state index contributed by atoms with van der Waals surface area (Å²) < 4.78 is 13.2. The third-order valence-corrected chi connectivity index (χ3v) is 9.52. The van der Waals surface area contributed by atoms with Gasteiger partial charge in [-0.25, -0.2) is 9.98 Å². The zero-order chi connectivity index (χ0) is 31.0. The van der Waals surface area contributed by atoms with Crippen molar-refractivity contribution in [3.63, 3.8) is 0 Å². The third kappa shape index (κ3) is 5.93. The fourth-order valence-electron chi connectivity index (χ4n) is 6.30. The lowest BCUT2D eigenvalue weighted by molar-refractivity contribution is 0.00578. The molecule has 0 saturated carbocycles. The van der Waals surface area contributed by atoms with E-state index in [1.165, 1.54) is 16.7 Å². The Morgan fingerprint density at radius 3 is 1.96 bits per heavy atom. The number of hydrogen-bond acceptors (Lipinski definition) is 5. The van der Waals surface area contributed by atoms with Crippen molar-refractivity contribution in [3.05, 3.63) is 143 Å². The Balaban J connectivity index is 1.40. The monoisotopic (exact) mass is 593 g/mol. The SMILES string of the molecule is CC1(C)OB(c2cc(C3=C(C4=CC=CCC4)CCC=C3)cc(C3N=C(c4ccccc4)NC(c4ccccc4)=N3)c2)OC1(C)C. The van der Waals surface area contributed by atoms with Gasteiger partial charge in [-0.15, -0.1) is 0 Å².